The van der Waals surface area contributed by atoms with Crippen molar-refractivity contribution in [2.75, 3.05) is 9.80 Å². The molecule has 0 atom stereocenters. The number of hydrogen-bond donors (Lipinski definition) is 0. The van der Waals surface area contributed by atoms with E-state index in [0.717, 1.165) is 112 Å². The lowest BCUT2D eigenvalue weighted by molar-refractivity contribution is 0.482. The van der Waals surface area contributed by atoms with Gasteiger partial charge in [-0.05, 0) is 164 Å². The highest BCUT2D eigenvalue weighted by Crippen LogP contribution is 2.59. The van der Waals surface area contributed by atoms with Crippen molar-refractivity contribution in [3.8, 4) is 34.1 Å². The minimum absolute atomic E-state index is 0.736. The SMILES string of the molecule is C=Cc1ccc(Oc2ccc(C3(c4ccc(Oc5ccc(C=C)cc5)cc4)c4cc(N(c5ccccc5)c5cccc6ccccc56)ccc4-c4ccc(N(c5ccccc5)c5cccc6ccccc56)cc43)cc2)cc1. The third-order valence-electron chi connectivity index (χ3n) is 14.9. The van der Waals surface area contributed by atoms with Crippen LogP contribution in [0.5, 0.6) is 23.0 Å². The third-order valence-corrected chi connectivity index (χ3v) is 14.9. The zero-order chi connectivity index (χ0) is 51.7. The highest BCUT2D eigenvalue weighted by atomic mass is 16.5. The summed E-state index contributed by atoms with van der Waals surface area (Å²) in [6.07, 6.45) is 3.68. The molecule has 1 aliphatic carbocycles. The van der Waals surface area contributed by atoms with Crippen LogP contribution in [-0.2, 0) is 5.41 Å². The molecule has 0 saturated carbocycles. The summed E-state index contributed by atoms with van der Waals surface area (Å²) in [7, 11) is 0. The van der Waals surface area contributed by atoms with Gasteiger partial charge in [-0.15, -0.1) is 0 Å². The fraction of sp³-hybridized carbons (Fsp3) is 0.0137. The predicted molar refractivity (Wildman–Crippen MR) is 321 cm³/mol. The molecule has 0 saturated heterocycles. The molecule has 0 bridgehead atoms. The Kier molecular flexibility index (Phi) is 12.1. The molecule has 366 valence electrons. The van der Waals surface area contributed by atoms with Crippen molar-refractivity contribution in [2.24, 2.45) is 0 Å². The molecule has 0 amide bonds. The van der Waals surface area contributed by atoms with Gasteiger partial charge >= 0.3 is 0 Å². The van der Waals surface area contributed by atoms with Crippen LogP contribution in [0, 0.1) is 0 Å². The molecule has 12 aromatic carbocycles. The van der Waals surface area contributed by atoms with Crippen LogP contribution in [-0.4, -0.2) is 0 Å². The van der Waals surface area contributed by atoms with E-state index >= 15 is 0 Å². The highest BCUT2D eigenvalue weighted by molar-refractivity contribution is 6.01. The predicted octanol–water partition coefficient (Wildman–Crippen LogP) is 20.2. The molecule has 1 aliphatic rings. The summed E-state index contributed by atoms with van der Waals surface area (Å²) in [6, 6.07) is 99.4. The van der Waals surface area contributed by atoms with Gasteiger partial charge < -0.3 is 19.3 Å². The van der Waals surface area contributed by atoms with Crippen LogP contribution < -0.4 is 19.3 Å². The number of benzene rings is 12. The van der Waals surface area contributed by atoms with Crippen molar-refractivity contribution in [1.29, 1.82) is 0 Å². The smallest absolute Gasteiger partial charge is 0.127 e. The second-order valence-corrected chi connectivity index (χ2v) is 19.3. The normalized spacial score (nSPS) is 12.1. The van der Waals surface area contributed by atoms with Gasteiger partial charge in [0.2, 0.25) is 0 Å². The zero-order valence-corrected chi connectivity index (χ0v) is 42.3. The van der Waals surface area contributed by atoms with Crippen LogP contribution in [0.25, 0.3) is 44.8 Å². The topological polar surface area (TPSA) is 24.9 Å². The first-order valence-electron chi connectivity index (χ1n) is 26.0. The van der Waals surface area contributed by atoms with Crippen molar-refractivity contribution in [3.05, 3.63) is 326 Å². The number of rotatable bonds is 14. The van der Waals surface area contributed by atoms with E-state index in [9.17, 15) is 0 Å². The van der Waals surface area contributed by atoms with Gasteiger partial charge in [0.1, 0.15) is 23.0 Å². The maximum atomic E-state index is 6.56. The van der Waals surface area contributed by atoms with Crippen LogP contribution in [0.3, 0.4) is 0 Å². The minimum Gasteiger partial charge on any atom is -0.457 e. The lowest BCUT2D eigenvalue weighted by Gasteiger charge is -2.36. The van der Waals surface area contributed by atoms with Crippen molar-refractivity contribution >= 4 is 67.8 Å². The monoisotopic (exact) mass is 988 g/mol. The Morgan fingerprint density at radius 1 is 0.312 bits per heavy atom. The average Bonchev–Trinajstić information content (AvgIpc) is 4.06. The number of fused-ring (bicyclic) bond motifs is 5. The minimum atomic E-state index is -0.868. The number of para-hydroxylation sites is 2. The molecule has 0 heterocycles. The second kappa shape index (κ2) is 19.9. The maximum Gasteiger partial charge on any atom is 0.127 e. The Hall–Kier alpha value is -10.2. The summed E-state index contributed by atoms with van der Waals surface area (Å²) in [5.41, 5.74) is 14.4. The van der Waals surface area contributed by atoms with E-state index in [4.69, 9.17) is 9.47 Å². The lowest BCUT2D eigenvalue weighted by atomic mass is 9.67. The summed E-state index contributed by atoms with van der Waals surface area (Å²) in [5, 5.41) is 4.68. The van der Waals surface area contributed by atoms with Crippen LogP contribution >= 0.6 is 0 Å². The van der Waals surface area contributed by atoms with Gasteiger partial charge in [-0.3, -0.25) is 0 Å². The first-order chi connectivity index (χ1) is 38.0. The van der Waals surface area contributed by atoms with Crippen molar-refractivity contribution in [3.63, 3.8) is 0 Å². The molecule has 0 unspecified atom stereocenters. The Labute approximate surface area is 449 Å². The van der Waals surface area contributed by atoms with E-state index in [1.165, 1.54) is 10.8 Å². The van der Waals surface area contributed by atoms with Gasteiger partial charge in [0, 0.05) is 33.5 Å². The van der Waals surface area contributed by atoms with Gasteiger partial charge in [0.15, 0.2) is 0 Å². The van der Waals surface area contributed by atoms with Gasteiger partial charge in [-0.2, -0.15) is 0 Å². The summed E-state index contributed by atoms with van der Waals surface area (Å²) >= 11 is 0. The van der Waals surface area contributed by atoms with E-state index in [0.29, 0.717) is 0 Å². The largest absolute Gasteiger partial charge is 0.457 e. The molecule has 77 heavy (non-hydrogen) atoms. The van der Waals surface area contributed by atoms with E-state index in [2.05, 4.69) is 253 Å². The maximum absolute atomic E-state index is 6.56. The molecule has 13 rings (SSSR count). The van der Waals surface area contributed by atoms with Crippen molar-refractivity contribution in [1.82, 2.24) is 0 Å². The first-order valence-corrected chi connectivity index (χ1v) is 26.0. The van der Waals surface area contributed by atoms with E-state index in [-0.39, 0.29) is 0 Å². The van der Waals surface area contributed by atoms with Crippen molar-refractivity contribution < 1.29 is 9.47 Å². The molecule has 4 nitrogen and oxygen atoms in total. The summed E-state index contributed by atoms with van der Waals surface area (Å²) in [4.78, 5) is 4.81. The molecule has 0 fully saturated rings. The Morgan fingerprint density at radius 2 is 0.662 bits per heavy atom. The molecule has 12 aromatic rings. The number of hydrogen-bond acceptors (Lipinski definition) is 4. The zero-order valence-electron chi connectivity index (χ0n) is 42.3. The van der Waals surface area contributed by atoms with E-state index in [1.807, 2.05) is 60.7 Å². The third kappa shape index (κ3) is 8.48. The van der Waals surface area contributed by atoms with Crippen LogP contribution in [0.2, 0.25) is 0 Å². The molecule has 0 aromatic heterocycles. The standard InChI is InChI=1S/C73H52N2O2/c1-3-51-29-39-61(40-30-51)76-63-43-33-55(34-44-63)73(56-35-45-64(46-36-56)77-62-41-31-52(4-2)32-42-62)69-49-59(74(57-21-7-5-8-22-57)71-27-15-19-53-17-11-13-25-65(53)71)37-47-67(69)68-48-38-60(50-70(68)73)75(58-23-9-6-10-24-58)72-28-16-20-54-18-12-14-26-66(54)72/h3-50H,1-2H2. The summed E-state index contributed by atoms with van der Waals surface area (Å²) in [6.45, 7) is 7.89. The quantitative estimate of drug-likeness (QED) is 0.108. The fourth-order valence-corrected chi connectivity index (χ4v) is 11.3. The number of anilines is 6. The Balaban J connectivity index is 1.07. The molecule has 0 radical (unpaired) electrons. The summed E-state index contributed by atoms with van der Waals surface area (Å²) in [5.74, 6) is 2.98. The van der Waals surface area contributed by atoms with Crippen LogP contribution in [0.4, 0.5) is 34.1 Å². The Morgan fingerprint density at radius 3 is 1.05 bits per heavy atom. The molecule has 0 aliphatic heterocycles. The first kappa shape index (κ1) is 46.6. The molecule has 4 heteroatoms. The fourth-order valence-electron chi connectivity index (χ4n) is 11.3. The van der Waals surface area contributed by atoms with Crippen LogP contribution in [0.15, 0.2) is 292 Å². The molecule has 0 spiro atoms. The number of ether oxygens (including phenoxy) is 2. The van der Waals surface area contributed by atoms with Gasteiger partial charge in [-0.25, -0.2) is 0 Å². The lowest BCUT2D eigenvalue weighted by Crippen LogP contribution is -2.29. The van der Waals surface area contributed by atoms with Crippen molar-refractivity contribution in [2.45, 2.75) is 5.41 Å². The summed E-state index contributed by atoms with van der Waals surface area (Å²) < 4.78 is 13.1. The van der Waals surface area contributed by atoms with E-state index < -0.39 is 5.41 Å². The molecule has 0 N–H and O–H groups in total. The van der Waals surface area contributed by atoms with Crippen LogP contribution in [0.1, 0.15) is 33.4 Å². The van der Waals surface area contributed by atoms with Gasteiger partial charge in [-0.1, -0.05) is 195 Å². The Bertz CT molecular complexity index is 3830. The van der Waals surface area contributed by atoms with Gasteiger partial charge in [0.05, 0.1) is 16.8 Å². The number of nitrogens with zero attached hydrogens (tertiary/aromatic N) is 2. The molecular weight excluding hydrogens is 937 g/mol. The second-order valence-electron chi connectivity index (χ2n) is 19.3. The average molecular weight is 989 g/mol. The van der Waals surface area contributed by atoms with E-state index in [1.54, 1.807) is 0 Å². The van der Waals surface area contributed by atoms with Gasteiger partial charge in [0.25, 0.3) is 0 Å². The highest BCUT2D eigenvalue weighted by Gasteiger charge is 2.47. The molecular formula is C73H52N2O2.